The maximum Gasteiger partial charge on any atom is 0.261 e. The van der Waals surface area contributed by atoms with Crippen molar-refractivity contribution in [1.82, 2.24) is 5.32 Å². The van der Waals surface area contributed by atoms with Gasteiger partial charge in [0.1, 0.15) is 0 Å². The first kappa shape index (κ1) is 15.7. The van der Waals surface area contributed by atoms with E-state index in [0.29, 0.717) is 17.9 Å². The summed E-state index contributed by atoms with van der Waals surface area (Å²) < 4.78 is 5.04. The highest BCUT2D eigenvalue weighted by Crippen LogP contribution is 2.15. The third-order valence-electron chi connectivity index (χ3n) is 2.47. The van der Waals surface area contributed by atoms with Gasteiger partial charge in [0.05, 0.1) is 29.0 Å². The number of methoxy groups -OCH3 is 1. The Morgan fingerprint density at radius 3 is 3.00 bits per heavy atom. The Bertz CT molecular complexity index is 459. The number of thiophene rings is 1. The Balaban J connectivity index is 2.61. The summed E-state index contributed by atoms with van der Waals surface area (Å²) in [5.74, 6) is 5.66. The Hall–Kier alpha value is -1.35. The Morgan fingerprint density at radius 2 is 2.37 bits per heavy atom. The molecule has 0 aliphatic rings. The molecule has 4 nitrogen and oxygen atoms in total. The van der Waals surface area contributed by atoms with Gasteiger partial charge in [-0.05, 0) is 18.6 Å². The van der Waals surface area contributed by atoms with E-state index in [2.05, 4.69) is 17.2 Å². The number of aliphatic hydroxyl groups is 1. The predicted molar refractivity (Wildman–Crippen MR) is 76.3 cm³/mol. The Morgan fingerprint density at radius 1 is 1.58 bits per heavy atom. The highest BCUT2D eigenvalue weighted by atomic mass is 32.1. The van der Waals surface area contributed by atoms with Crippen LogP contribution >= 0.6 is 11.3 Å². The third-order valence-corrected chi connectivity index (χ3v) is 3.47. The van der Waals surface area contributed by atoms with Gasteiger partial charge < -0.3 is 15.2 Å². The average molecular weight is 281 g/mol. The van der Waals surface area contributed by atoms with Crippen molar-refractivity contribution < 1.29 is 14.6 Å². The van der Waals surface area contributed by atoms with Crippen LogP contribution in [0, 0.1) is 11.8 Å². The van der Waals surface area contributed by atoms with Crippen LogP contribution in [0.25, 0.3) is 0 Å². The van der Waals surface area contributed by atoms with Gasteiger partial charge in [0.15, 0.2) is 0 Å². The van der Waals surface area contributed by atoms with Gasteiger partial charge in [0, 0.05) is 13.5 Å². The van der Waals surface area contributed by atoms with E-state index in [1.807, 2.05) is 13.0 Å². The van der Waals surface area contributed by atoms with Gasteiger partial charge in [-0.2, -0.15) is 0 Å². The Kier molecular flexibility index (Phi) is 7.19. The van der Waals surface area contributed by atoms with Gasteiger partial charge in [-0.25, -0.2) is 0 Å². The summed E-state index contributed by atoms with van der Waals surface area (Å²) in [4.78, 5) is 13.5. The lowest BCUT2D eigenvalue weighted by Crippen LogP contribution is -2.37. The predicted octanol–water partition coefficient (Wildman–Crippen LogP) is 1.64. The van der Waals surface area contributed by atoms with Crippen molar-refractivity contribution in [3.8, 4) is 11.8 Å². The fourth-order valence-electron chi connectivity index (χ4n) is 1.45. The number of carbonyl (C=O) groups excluding carboxylic acids is 1. The number of amides is 1. The maximum atomic E-state index is 12.0. The van der Waals surface area contributed by atoms with Gasteiger partial charge in [-0.3, -0.25) is 4.79 Å². The van der Waals surface area contributed by atoms with Crippen LogP contribution in [-0.4, -0.2) is 37.4 Å². The minimum atomic E-state index is -0.0934. The molecule has 104 valence electrons. The standard InChI is InChI=1S/C14H19NO3S/c1-3-11(10-18-2)15-14(17)13-8-7-12(19-13)6-4-5-9-16/h7-8,11,16H,3,5,9-10H2,1-2H3,(H,15,17). The van der Waals surface area contributed by atoms with E-state index in [1.165, 1.54) is 11.3 Å². The fraction of sp³-hybridized carbons (Fsp3) is 0.500. The molecule has 0 aliphatic heterocycles. The molecule has 0 aliphatic carbocycles. The molecule has 0 fully saturated rings. The summed E-state index contributed by atoms with van der Waals surface area (Å²) in [6.07, 6.45) is 1.28. The van der Waals surface area contributed by atoms with Crippen LogP contribution in [0.15, 0.2) is 12.1 Å². The zero-order valence-electron chi connectivity index (χ0n) is 11.2. The van der Waals surface area contributed by atoms with Crippen LogP contribution in [-0.2, 0) is 4.74 Å². The summed E-state index contributed by atoms with van der Waals surface area (Å²) in [6, 6.07) is 3.62. The molecular weight excluding hydrogens is 262 g/mol. The second kappa shape index (κ2) is 8.70. The van der Waals surface area contributed by atoms with Crippen molar-refractivity contribution in [2.24, 2.45) is 0 Å². The summed E-state index contributed by atoms with van der Waals surface area (Å²) in [7, 11) is 1.62. The molecule has 1 aromatic heterocycles. The van der Waals surface area contributed by atoms with Crippen molar-refractivity contribution in [1.29, 1.82) is 0 Å². The van der Waals surface area contributed by atoms with Crippen molar-refractivity contribution in [3.05, 3.63) is 21.9 Å². The number of carbonyl (C=O) groups is 1. The van der Waals surface area contributed by atoms with Crippen molar-refractivity contribution in [3.63, 3.8) is 0 Å². The summed E-state index contributed by atoms with van der Waals surface area (Å²) in [5.41, 5.74) is 0. The van der Waals surface area contributed by atoms with E-state index < -0.39 is 0 Å². The van der Waals surface area contributed by atoms with Gasteiger partial charge in [0.25, 0.3) is 5.91 Å². The average Bonchev–Trinajstić information content (AvgIpc) is 2.87. The van der Waals surface area contributed by atoms with Crippen LogP contribution in [0.5, 0.6) is 0 Å². The topological polar surface area (TPSA) is 58.6 Å². The smallest absolute Gasteiger partial charge is 0.261 e. The normalized spacial score (nSPS) is 11.5. The van der Waals surface area contributed by atoms with Crippen LogP contribution in [0.3, 0.4) is 0 Å². The van der Waals surface area contributed by atoms with E-state index >= 15 is 0 Å². The molecule has 0 saturated carbocycles. The lowest BCUT2D eigenvalue weighted by Gasteiger charge is -2.14. The first-order valence-electron chi connectivity index (χ1n) is 6.20. The molecule has 5 heteroatoms. The lowest BCUT2D eigenvalue weighted by molar-refractivity contribution is 0.0898. The SMILES string of the molecule is CCC(COC)NC(=O)c1ccc(C#CCCO)s1. The second-order valence-electron chi connectivity index (χ2n) is 3.97. The van der Waals surface area contributed by atoms with Crippen molar-refractivity contribution in [2.45, 2.75) is 25.8 Å². The van der Waals surface area contributed by atoms with Gasteiger partial charge >= 0.3 is 0 Å². The van der Waals surface area contributed by atoms with Crippen LogP contribution in [0.4, 0.5) is 0 Å². The van der Waals surface area contributed by atoms with Crippen LogP contribution in [0.2, 0.25) is 0 Å². The molecule has 0 bridgehead atoms. The highest BCUT2D eigenvalue weighted by Gasteiger charge is 2.13. The molecule has 1 aromatic rings. The molecule has 0 aromatic carbocycles. The molecule has 1 amide bonds. The van der Waals surface area contributed by atoms with Crippen LogP contribution < -0.4 is 5.32 Å². The third kappa shape index (κ3) is 5.43. The monoisotopic (exact) mass is 281 g/mol. The van der Waals surface area contributed by atoms with E-state index in [0.717, 1.165) is 11.3 Å². The highest BCUT2D eigenvalue weighted by molar-refractivity contribution is 7.14. The molecule has 2 N–H and O–H groups in total. The van der Waals surface area contributed by atoms with Gasteiger partial charge in [-0.1, -0.05) is 18.8 Å². The second-order valence-corrected chi connectivity index (χ2v) is 5.06. The number of aliphatic hydroxyl groups excluding tert-OH is 1. The molecule has 0 spiro atoms. The van der Waals surface area contributed by atoms with E-state index in [-0.39, 0.29) is 18.6 Å². The summed E-state index contributed by atoms with van der Waals surface area (Å²) >= 11 is 1.35. The summed E-state index contributed by atoms with van der Waals surface area (Å²) in [5, 5.41) is 11.6. The van der Waals surface area contributed by atoms with Crippen molar-refractivity contribution >= 4 is 17.2 Å². The van der Waals surface area contributed by atoms with Gasteiger partial charge in [0.2, 0.25) is 0 Å². The molecule has 1 unspecified atom stereocenters. The van der Waals surface area contributed by atoms with Crippen molar-refractivity contribution in [2.75, 3.05) is 20.3 Å². The minimum Gasteiger partial charge on any atom is -0.395 e. The lowest BCUT2D eigenvalue weighted by atomic mass is 10.2. The quantitative estimate of drug-likeness (QED) is 0.779. The number of rotatable bonds is 6. The minimum absolute atomic E-state index is 0.0310. The molecule has 0 radical (unpaired) electrons. The van der Waals surface area contributed by atoms with Crippen LogP contribution in [0.1, 0.15) is 34.3 Å². The number of hydrogen-bond donors (Lipinski definition) is 2. The first-order valence-corrected chi connectivity index (χ1v) is 7.02. The summed E-state index contributed by atoms with van der Waals surface area (Å²) in [6.45, 7) is 2.57. The molecule has 1 heterocycles. The first-order chi connectivity index (χ1) is 9.21. The molecular formula is C14H19NO3S. The largest absolute Gasteiger partial charge is 0.395 e. The zero-order chi connectivity index (χ0) is 14.1. The van der Waals surface area contributed by atoms with E-state index in [9.17, 15) is 4.79 Å². The number of nitrogens with one attached hydrogen (secondary N) is 1. The van der Waals surface area contributed by atoms with E-state index in [4.69, 9.17) is 9.84 Å². The number of ether oxygens (including phenoxy) is 1. The maximum absolute atomic E-state index is 12.0. The molecule has 1 atom stereocenters. The van der Waals surface area contributed by atoms with Gasteiger partial charge in [-0.15, -0.1) is 11.3 Å². The Labute approximate surface area is 117 Å². The fourth-order valence-corrected chi connectivity index (χ4v) is 2.24. The number of hydrogen-bond acceptors (Lipinski definition) is 4. The molecule has 1 rings (SSSR count). The molecule has 19 heavy (non-hydrogen) atoms. The zero-order valence-corrected chi connectivity index (χ0v) is 12.0. The molecule has 0 saturated heterocycles. The van der Waals surface area contributed by atoms with E-state index in [1.54, 1.807) is 13.2 Å².